The van der Waals surface area contributed by atoms with E-state index in [-0.39, 0.29) is 0 Å². The first-order valence-corrected chi connectivity index (χ1v) is 4.63. The molecule has 0 saturated heterocycles. The smallest absolute Gasteiger partial charge is 0.149 e. The maximum absolute atomic E-state index is 8.87. The van der Waals surface area contributed by atoms with Gasteiger partial charge in [0, 0.05) is 13.1 Å². The summed E-state index contributed by atoms with van der Waals surface area (Å²) in [5, 5.41) is 8.87. The van der Waals surface area contributed by atoms with Crippen molar-refractivity contribution in [2.75, 3.05) is 11.9 Å². The van der Waals surface area contributed by atoms with E-state index in [1.54, 1.807) is 6.20 Å². The fourth-order valence-electron chi connectivity index (χ4n) is 1.17. The van der Waals surface area contributed by atoms with E-state index in [0.717, 1.165) is 6.42 Å². The molecule has 0 bridgehead atoms. The molecule has 1 aromatic rings. The van der Waals surface area contributed by atoms with Crippen LogP contribution in [0.15, 0.2) is 12.5 Å². The lowest BCUT2D eigenvalue weighted by Gasteiger charge is -2.25. The molecule has 0 spiro atoms. The second-order valence-corrected chi connectivity index (χ2v) is 3.24. The van der Waals surface area contributed by atoms with Crippen LogP contribution in [0.4, 0.5) is 5.82 Å². The summed E-state index contributed by atoms with van der Waals surface area (Å²) in [5.74, 6) is 0.705. The van der Waals surface area contributed by atoms with Gasteiger partial charge < -0.3 is 4.90 Å². The Morgan fingerprint density at radius 2 is 2.36 bits per heavy atom. The first-order chi connectivity index (χ1) is 6.70. The molecule has 1 heterocycles. The van der Waals surface area contributed by atoms with Gasteiger partial charge in [0.05, 0.1) is 6.20 Å². The zero-order chi connectivity index (χ0) is 10.6. The fourth-order valence-corrected chi connectivity index (χ4v) is 1.17. The summed E-state index contributed by atoms with van der Waals surface area (Å²) in [6, 6.07) is 2.46. The predicted molar refractivity (Wildman–Crippen MR) is 54.9 cm³/mol. The lowest BCUT2D eigenvalue weighted by atomic mass is 10.2. The highest BCUT2D eigenvalue weighted by molar-refractivity contribution is 5.52. The molecule has 0 amide bonds. The van der Waals surface area contributed by atoms with Crippen molar-refractivity contribution in [3.63, 3.8) is 0 Å². The number of nitrogens with zero attached hydrogens (tertiary/aromatic N) is 4. The Balaban J connectivity index is 3.01. The highest BCUT2D eigenvalue weighted by Crippen LogP contribution is 2.16. The summed E-state index contributed by atoms with van der Waals surface area (Å²) in [6.07, 6.45) is 4.03. The molecule has 1 atom stereocenters. The number of rotatable bonds is 3. The second kappa shape index (κ2) is 4.56. The van der Waals surface area contributed by atoms with E-state index in [0.29, 0.717) is 17.4 Å². The van der Waals surface area contributed by atoms with Gasteiger partial charge in [0.2, 0.25) is 0 Å². The molecule has 0 aliphatic heterocycles. The van der Waals surface area contributed by atoms with Gasteiger partial charge >= 0.3 is 0 Å². The monoisotopic (exact) mass is 190 g/mol. The van der Waals surface area contributed by atoms with Gasteiger partial charge in [-0.3, -0.25) is 0 Å². The van der Waals surface area contributed by atoms with Crippen LogP contribution in [0.25, 0.3) is 0 Å². The minimum absolute atomic E-state index is 0.372. The maximum atomic E-state index is 8.87. The van der Waals surface area contributed by atoms with Crippen LogP contribution >= 0.6 is 0 Å². The van der Waals surface area contributed by atoms with E-state index < -0.39 is 0 Å². The highest BCUT2D eigenvalue weighted by atomic mass is 15.2. The van der Waals surface area contributed by atoms with Crippen molar-refractivity contribution in [1.29, 1.82) is 5.26 Å². The molecule has 0 aromatic carbocycles. The molecule has 1 unspecified atom stereocenters. The lowest BCUT2D eigenvalue weighted by molar-refractivity contribution is 0.655. The highest BCUT2D eigenvalue weighted by Gasteiger charge is 2.12. The third kappa shape index (κ3) is 1.99. The van der Waals surface area contributed by atoms with Crippen LogP contribution in [0, 0.1) is 11.3 Å². The van der Waals surface area contributed by atoms with Crippen LogP contribution in [0.2, 0.25) is 0 Å². The molecule has 0 aliphatic rings. The first kappa shape index (κ1) is 10.5. The normalized spacial score (nSPS) is 11.9. The van der Waals surface area contributed by atoms with E-state index in [1.165, 1.54) is 6.33 Å². The molecule has 0 fully saturated rings. The summed E-state index contributed by atoms with van der Waals surface area (Å²) in [7, 11) is 1.94. The molecule has 74 valence electrons. The first-order valence-electron chi connectivity index (χ1n) is 4.63. The lowest BCUT2D eigenvalue weighted by Crippen LogP contribution is -2.29. The van der Waals surface area contributed by atoms with Crippen molar-refractivity contribution >= 4 is 5.82 Å². The summed E-state index contributed by atoms with van der Waals surface area (Å²) >= 11 is 0. The van der Waals surface area contributed by atoms with Crippen molar-refractivity contribution < 1.29 is 0 Å². The van der Waals surface area contributed by atoms with Gasteiger partial charge in [0.25, 0.3) is 0 Å². The summed E-state index contributed by atoms with van der Waals surface area (Å²) in [6.45, 7) is 4.21. The van der Waals surface area contributed by atoms with Crippen molar-refractivity contribution in [3.05, 3.63) is 18.1 Å². The van der Waals surface area contributed by atoms with Crippen molar-refractivity contribution in [2.24, 2.45) is 0 Å². The Morgan fingerprint density at radius 3 is 2.93 bits per heavy atom. The number of aromatic nitrogens is 2. The van der Waals surface area contributed by atoms with E-state index in [9.17, 15) is 0 Å². The van der Waals surface area contributed by atoms with Crippen LogP contribution in [0.5, 0.6) is 0 Å². The molecule has 14 heavy (non-hydrogen) atoms. The van der Waals surface area contributed by atoms with Crippen LogP contribution in [-0.2, 0) is 0 Å². The predicted octanol–water partition coefficient (Wildman–Crippen LogP) is 1.58. The Kier molecular flexibility index (Phi) is 3.41. The van der Waals surface area contributed by atoms with Gasteiger partial charge in [-0.15, -0.1) is 0 Å². The van der Waals surface area contributed by atoms with Gasteiger partial charge in [0.15, 0.2) is 0 Å². The Morgan fingerprint density at radius 1 is 1.64 bits per heavy atom. The average Bonchev–Trinajstić information content (AvgIpc) is 2.26. The SMILES string of the molecule is CCC(C)N(C)c1ncncc1C#N. The molecule has 4 nitrogen and oxygen atoms in total. The minimum atomic E-state index is 0.372. The van der Waals surface area contributed by atoms with E-state index in [2.05, 4.69) is 29.9 Å². The molecule has 1 rings (SSSR count). The Bertz CT molecular complexity index is 342. The maximum Gasteiger partial charge on any atom is 0.149 e. The quantitative estimate of drug-likeness (QED) is 0.726. The van der Waals surface area contributed by atoms with Gasteiger partial charge in [-0.1, -0.05) is 6.92 Å². The van der Waals surface area contributed by atoms with Gasteiger partial charge in [-0.25, -0.2) is 9.97 Å². The molecule has 0 radical (unpaired) electrons. The van der Waals surface area contributed by atoms with Gasteiger partial charge in [0.1, 0.15) is 23.8 Å². The van der Waals surface area contributed by atoms with Crippen molar-refractivity contribution in [1.82, 2.24) is 9.97 Å². The molecule has 0 N–H and O–H groups in total. The Labute approximate surface area is 84.2 Å². The number of hydrogen-bond donors (Lipinski definition) is 0. The van der Waals surface area contributed by atoms with Gasteiger partial charge in [-0.05, 0) is 13.3 Å². The van der Waals surface area contributed by atoms with E-state index in [4.69, 9.17) is 5.26 Å². The Hall–Kier alpha value is -1.63. The zero-order valence-corrected chi connectivity index (χ0v) is 8.73. The molecular formula is C10H14N4. The minimum Gasteiger partial charge on any atom is -0.356 e. The topological polar surface area (TPSA) is 52.8 Å². The largest absolute Gasteiger partial charge is 0.356 e. The fraction of sp³-hybridized carbons (Fsp3) is 0.500. The molecule has 4 heteroatoms. The van der Waals surface area contributed by atoms with E-state index >= 15 is 0 Å². The number of hydrogen-bond acceptors (Lipinski definition) is 4. The number of anilines is 1. The van der Waals surface area contributed by atoms with Crippen molar-refractivity contribution in [3.8, 4) is 6.07 Å². The standard InChI is InChI=1S/C10H14N4/c1-4-8(2)14(3)10-9(5-11)6-12-7-13-10/h6-8H,4H2,1-3H3. The zero-order valence-electron chi connectivity index (χ0n) is 8.73. The average molecular weight is 190 g/mol. The van der Waals surface area contributed by atoms with Gasteiger partial charge in [-0.2, -0.15) is 5.26 Å². The third-order valence-electron chi connectivity index (χ3n) is 2.40. The van der Waals surface area contributed by atoms with Crippen LogP contribution in [0.3, 0.4) is 0 Å². The molecular weight excluding hydrogens is 176 g/mol. The summed E-state index contributed by atoms with van der Waals surface area (Å²) in [4.78, 5) is 9.93. The second-order valence-electron chi connectivity index (χ2n) is 3.24. The van der Waals surface area contributed by atoms with Crippen LogP contribution in [-0.4, -0.2) is 23.1 Å². The number of nitriles is 1. The summed E-state index contributed by atoms with van der Waals surface area (Å²) in [5.41, 5.74) is 0.523. The van der Waals surface area contributed by atoms with E-state index in [1.807, 2.05) is 11.9 Å². The van der Waals surface area contributed by atoms with Crippen LogP contribution < -0.4 is 4.90 Å². The molecule has 0 aliphatic carbocycles. The van der Waals surface area contributed by atoms with Crippen LogP contribution in [0.1, 0.15) is 25.8 Å². The summed E-state index contributed by atoms with van der Waals surface area (Å²) < 4.78 is 0. The van der Waals surface area contributed by atoms with Crippen molar-refractivity contribution in [2.45, 2.75) is 26.3 Å². The third-order valence-corrected chi connectivity index (χ3v) is 2.40. The molecule has 0 saturated carbocycles. The molecule has 1 aromatic heterocycles.